The predicted molar refractivity (Wildman–Crippen MR) is 83.7 cm³/mol. The number of fused-ring (bicyclic) bond motifs is 1. The normalized spacial score (nSPS) is 10.8. The molecule has 0 aliphatic carbocycles. The van der Waals surface area contributed by atoms with Crippen LogP contribution in [0.4, 0.5) is 0 Å². The number of carbonyl (C=O) groups excluding carboxylic acids is 1. The average Bonchev–Trinajstić information content (AvgIpc) is 2.88. The second-order valence-electron chi connectivity index (χ2n) is 5.45. The van der Waals surface area contributed by atoms with Crippen LogP contribution in [0.5, 0.6) is 0 Å². The summed E-state index contributed by atoms with van der Waals surface area (Å²) in [6.45, 7) is 4.49. The molecule has 1 heterocycles. The Balaban J connectivity index is 2.01. The molecule has 110 valence electrons. The first-order valence-corrected chi connectivity index (χ1v) is 7.35. The van der Waals surface area contributed by atoms with Crippen molar-refractivity contribution in [2.75, 3.05) is 6.54 Å². The van der Waals surface area contributed by atoms with Gasteiger partial charge in [0.25, 0.3) is 0 Å². The molecule has 0 saturated heterocycles. The zero-order valence-corrected chi connectivity index (χ0v) is 12.6. The molecule has 1 aromatic carbocycles. The molecule has 0 aliphatic heterocycles. The topological polar surface area (TPSA) is 59.9 Å². The highest BCUT2D eigenvalue weighted by molar-refractivity contribution is 5.84. The van der Waals surface area contributed by atoms with E-state index >= 15 is 0 Å². The number of aromatic amines is 1. The lowest BCUT2D eigenvalue weighted by atomic mass is 10.1. The lowest BCUT2D eigenvalue weighted by Crippen LogP contribution is -2.37. The van der Waals surface area contributed by atoms with E-state index in [2.05, 4.69) is 17.1 Å². The molecular weight excluding hydrogens is 262 g/mol. The molecule has 0 unspecified atom stereocenters. The lowest BCUT2D eigenvalue weighted by molar-refractivity contribution is -0.132. The van der Waals surface area contributed by atoms with E-state index < -0.39 is 0 Å². The number of carbonyl (C=O) groups is 1. The van der Waals surface area contributed by atoms with Gasteiger partial charge < -0.3 is 9.88 Å². The van der Waals surface area contributed by atoms with Gasteiger partial charge in [-0.2, -0.15) is 5.26 Å². The lowest BCUT2D eigenvalue weighted by Gasteiger charge is -2.25. The Labute approximate surface area is 125 Å². The van der Waals surface area contributed by atoms with Crippen LogP contribution in [0.3, 0.4) is 0 Å². The molecule has 0 aliphatic rings. The summed E-state index contributed by atoms with van der Waals surface area (Å²) in [5, 5.41) is 9.86. The molecular formula is C17H21N3O. The van der Waals surface area contributed by atoms with E-state index in [4.69, 9.17) is 5.26 Å². The monoisotopic (exact) mass is 283 g/mol. The molecule has 2 aromatic rings. The minimum Gasteiger partial charge on any atom is -0.361 e. The number of aryl methyl sites for hydroxylation is 1. The molecule has 1 aromatic heterocycles. The van der Waals surface area contributed by atoms with Gasteiger partial charge in [-0.25, -0.2) is 0 Å². The molecule has 0 radical (unpaired) electrons. The number of nitrogens with one attached hydrogen (secondary N) is 1. The SMILES string of the molecule is CC(C)N(CCC#N)C(=O)CCc1c[nH]c2ccccc12. The number of para-hydroxylation sites is 1. The maximum Gasteiger partial charge on any atom is 0.223 e. The Morgan fingerprint density at radius 1 is 1.38 bits per heavy atom. The van der Waals surface area contributed by atoms with Crippen molar-refractivity contribution >= 4 is 16.8 Å². The van der Waals surface area contributed by atoms with Gasteiger partial charge in [0.05, 0.1) is 12.5 Å². The Morgan fingerprint density at radius 2 is 2.14 bits per heavy atom. The zero-order valence-electron chi connectivity index (χ0n) is 12.6. The highest BCUT2D eigenvalue weighted by Gasteiger charge is 2.16. The van der Waals surface area contributed by atoms with Crippen LogP contribution in [0.2, 0.25) is 0 Å². The molecule has 1 amide bonds. The van der Waals surface area contributed by atoms with Gasteiger partial charge in [-0.3, -0.25) is 4.79 Å². The molecule has 2 rings (SSSR count). The Kier molecular flexibility index (Phi) is 4.99. The first-order chi connectivity index (χ1) is 10.1. The molecule has 21 heavy (non-hydrogen) atoms. The number of hydrogen-bond donors (Lipinski definition) is 1. The van der Waals surface area contributed by atoms with E-state index in [-0.39, 0.29) is 11.9 Å². The third-order valence-corrected chi connectivity index (χ3v) is 3.69. The molecule has 0 atom stereocenters. The molecule has 0 spiro atoms. The second kappa shape index (κ2) is 6.94. The summed E-state index contributed by atoms with van der Waals surface area (Å²) >= 11 is 0. The largest absolute Gasteiger partial charge is 0.361 e. The molecule has 1 N–H and O–H groups in total. The van der Waals surface area contributed by atoms with Gasteiger partial charge in [-0.1, -0.05) is 18.2 Å². The van der Waals surface area contributed by atoms with Crippen LogP contribution in [-0.4, -0.2) is 28.4 Å². The van der Waals surface area contributed by atoms with Gasteiger partial charge >= 0.3 is 0 Å². The minimum atomic E-state index is 0.116. The summed E-state index contributed by atoms with van der Waals surface area (Å²) in [5.41, 5.74) is 2.27. The third kappa shape index (κ3) is 3.63. The zero-order chi connectivity index (χ0) is 15.2. The fourth-order valence-electron chi connectivity index (χ4n) is 2.56. The number of benzene rings is 1. The van der Waals surface area contributed by atoms with Crippen molar-refractivity contribution in [1.82, 2.24) is 9.88 Å². The second-order valence-corrected chi connectivity index (χ2v) is 5.45. The van der Waals surface area contributed by atoms with Crippen molar-refractivity contribution in [1.29, 1.82) is 5.26 Å². The number of hydrogen-bond acceptors (Lipinski definition) is 2. The summed E-state index contributed by atoms with van der Waals surface area (Å²) in [6.07, 6.45) is 3.56. The number of nitriles is 1. The van der Waals surface area contributed by atoms with Crippen LogP contribution < -0.4 is 0 Å². The Hall–Kier alpha value is -2.28. The van der Waals surface area contributed by atoms with Gasteiger partial charge in [0.2, 0.25) is 5.91 Å². The Morgan fingerprint density at radius 3 is 2.86 bits per heavy atom. The van der Waals surface area contributed by atoms with Crippen LogP contribution >= 0.6 is 0 Å². The van der Waals surface area contributed by atoms with Crippen molar-refractivity contribution in [3.05, 3.63) is 36.0 Å². The van der Waals surface area contributed by atoms with E-state index in [0.717, 1.165) is 11.9 Å². The third-order valence-electron chi connectivity index (χ3n) is 3.69. The smallest absolute Gasteiger partial charge is 0.223 e. The summed E-state index contributed by atoms with van der Waals surface area (Å²) in [5.74, 6) is 0.116. The van der Waals surface area contributed by atoms with Crippen molar-refractivity contribution in [2.45, 2.75) is 39.2 Å². The van der Waals surface area contributed by atoms with E-state index in [1.165, 1.54) is 10.9 Å². The summed E-state index contributed by atoms with van der Waals surface area (Å²) in [7, 11) is 0. The highest BCUT2D eigenvalue weighted by Crippen LogP contribution is 2.19. The first-order valence-electron chi connectivity index (χ1n) is 7.35. The van der Waals surface area contributed by atoms with E-state index in [1.54, 1.807) is 4.90 Å². The fourth-order valence-corrected chi connectivity index (χ4v) is 2.56. The number of nitrogens with zero attached hydrogens (tertiary/aromatic N) is 2. The molecule has 4 heteroatoms. The first kappa shape index (κ1) is 15.1. The predicted octanol–water partition coefficient (Wildman–Crippen LogP) is 3.25. The minimum absolute atomic E-state index is 0.116. The molecule has 4 nitrogen and oxygen atoms in total. The van der Waals surface area contributed by atoms with Gasteiger partial charge in [0.1, 0.15) is 0 Å². The maximum atomic E-state index is 12.3. The van der Waals surface area contributed by atoms with Crippen molar-refractivity contribution in [3.63, 3.8) is 0 Å². The molecule has 0 bridgehead atoms. The van der Waals surface area contributed by atoms with Gasteiger partial charge in [-0.05, 0) is 31.9 Å². The number of rotatable bonds is 6. The summed E-state index contributed by atoms with van der Waals surface area (Å²) < 4.78 is 0. The van der Waals surface area contributed by atoms with Crippen molar-refractivity contribution in [3.8, 4) is 6.07 Å². The summed E-state index contributed by atoms with van der Waals surface area (Å²) in [4.78, 5) is 17.3. The van der Waals surface area contributed by atoms with Crippen LogP contribution in [0.15, 0.2) is 30.5 Å². The number of aromatic nitrogens is 1. The fraction of sp³-hybridized carbons (Fsp3) is 0.412. The van der Waals surface area contributed by atoms with E-state index in [9.17, 15) is 4.79 Å². The number of H-pyrrole nitrogens is 1. The van der Waals surface area contributed by atoms with Crippen LogP contribution in [0, 0.1) is 11.3 Å². The van der Waals surface area contributed by atoms with Gasteiger partial charge in [0, 0.05) is 36.1 Å². The quantitative estimate of drug-likeness (QED) is 0.884. The van der Waals surface area contributed by atoms with Crippen LogP contribution in [0.25, 0.3) is 10.9 Å². The maximum absolute atomic E-state index is 12.3. The van der Waals surface area contributed by atoms with Crippen LogP contribution in [0.1, 0.15) is 32.3 Å². The van der Waals surface area contributed by atoms with E-state index in [0.29, 0.717) is 19.4 Å². The average molecular weight is 283 g/mol. The van der Waals surface area contributed by atoms with Crippen LogP contribution in [-0.2, 0) is 11.2 Å². The van der Waals surface area contributed by atoms with E-state index in [1.807, 2.05) is 38.2 Å². The van der Waals surface area contributed by atoms with Crippen molar-refractivity contribution in [2.24, 2.45) is 0 Å². The van der Waals surface area contributed by atoms with Gasteiger partial charge in [0.15, 0.2) is 0 Å². The molecule has 0 fully saturated rings. The summed E-state index contributed by atoms with van der Waals surface area (Å²) in [6, 6.07) is 10.3. The standard InChI is InChI=1S/C17H21N3O/c1-13(2)20(11-5-10-18)17(21)9-8-14-12-19-16-7-4-3-6-15(14)16/h3-4,6-7,12-13,19H,5,8-9,11H2,1-2H3. The Bertz CT molecular complexity index is 651. The number of amides is 1. The molecule has 0 saturated carbocycles. The van der Waals surface area contributed by atoms with Crippen molar-refractivity contribution < 1.29 is 4.79 Å². The van der Waals surface area contributed by atoms with Gasteiger partial charge in [-0.15, -0.1) is 0 Å². The highest BCUT2D eigenvalue weighted by atomic mass is 16.2.